The van der Waals surface area contributed by atoms with Crippen LogP contribution in [0.2, 0.25) is 0 Å². The third kappa shape index (κ3) is 2.48. The molecule has 0 aliphatic carbocycles. The molecule has 0 saturated carbocycles. The summed E-state index contributed by atoms with van der Waals surface area (Å²) in [6.45, 7) is 3.89. The molecule has 1 aromatic heterocycles. The monoisotopic (exact) mass is 322 g/mol. The van der Waals surface area contributed by atoms with Crippen molar-refractivity contribution in [1.29, 1.82) is 0 Å². The van der Waals surface area contributed by atoms with Crippen molar-refractivity contribution in [3.05, 3.63) is 77.0 Å². The molecule has 3 aromatic rings. The number of aromatic nitrogens is 1. The minimum atomic E-state index is -0.598. The van der Waals surface area contributed by atoms with Gasteiger partial charge in [0.05, 0.1) is 22.5 Å². The third-order valence-electron chi connectivity index (χ3n) is 4.28. The second-order valence-corrected chi connectivity index (χ2v) is 6.75. The van der Waals surface area contributed by atoms with Crippen LogP contribution < -0.4 is 0 Å². The number of fused-ring (bicyclic) bond motifs is 2. The normalized spacial score (nSPS) is 15.9. The second kappa shape index (κ2) is 5.20. The summed E-state index contributed by atoms with van der Waals surface area (Å²) >= 11 is 0. The van der Waals surface area contributed by atoms with Gasteiger partial charge in [0.1, 0.15) is 11.6 Å². The fourth-order valence-corrected chi connectivity index (χ4v) is 3.22. The van der Waals surface area contributed by atoms with E-state index in [0.29, 0.717) is 29.0 Å². The Hall–Kier alpha value is -2.62. The van der Waals surface area contributed by atoms with Gasteiger partial charge in [-0.2, -0.15) is 0 Å². The van der Waals surface area contributed by atoms with Crippen molar-refractivity contribution >= 4 is 16.6 Å². The largest absolute Gasteiger partial charge is 0.276 e. The molecule has 0 bridgehead atoms. The standard InChI is InChI=1S/C20H16F2N2/c1-20(2)11-15-14(9-13(21)10-16(15)22)19(24-20)18-8-7-12-5-3-4-6-17(12)23-18/h3-10H,11H2,1-2H3. The lowest BCUT2D eigenvalue weighted by Crippen LogP contribution is -2.30. The number of hydrogen-bond donors (Lipinski definition) is 0. The summed E-state index contributed by atoms with van der Waals surface area (Å²) in [5.74, 6) is -1.12. The molecule has 120 valence electrons. The molecule has 0 atom stereocenters. The Bertz CT molecular complexity index is 990. The van der Waals surface area contributed by atoms with Gasteiger partial charge in [-0.15, -0.1) is 0 Å². The fourth-order valence-electron chi connectivity index (χ4n) is 3.22. The highest BCUT2D eigenvalue weighted by molar-refractivity contribution is 6.14. The number of hydrogen-bond acceptors (Lipinski definition) is 2. The van der Waals surface area contributed by atoms with Gasteiger partial charge >= 0.3 is 0 Å². The minimum absolute atomic E-state index is 0.436. The lowest BCUT2D eigenvalue weighted by Gasteiger charge is -2.29. The van der Waals surface area contributed by atoms with Crippen LogP contribution in [-0.4, -0.2) is 16.2 Å². The van der Waals surface area contributed by atoms with E-state index >= 15 is 0 Å². The minimum Gasteiger partial charge on any atom is -0.276 e. The van der Waals surface area contributed by atoms with Crippen molar-refractivity contribution in [2.45, 2.75) is 25.8 Å². The maximum absolute atomic E-state index is 14.3. The van der Waals surface area contributed by atoms with Crippen molar-refractivity contribution in [2.24, 2.45) is 4.99 Å². The first-order chi connectivity index (χ1) is 11.4. The lowest BCUT2D eigenvalue weighted by molar-refractivity contribution is 0.487. The Morgan fingerprint density at radius 3 is 2.62 bits per heavy atom. The van der Waals surface area contributed by atoms with Gasteiger partial charge in [-0.1, -0.05) is 24.3 Å². The van der Waals surface area contributed by atoms with Gasteiger partial charge in [-0.05, 0) is 37.6 Å². The summed E-state index contributed by atoms with van der Waals surface area (Å²) in [5, 5.41) is 1.02. The summed E-state index contributed by atoms with van der Waals surface area (Å²) in [7, 11) is 0. The van der Waals surface area contributed by atoms with Crippen LogP contribution in [0.25, 0.3) is 10.9 Å². The van der Waals surface area contributed by atoms with Crippen molar-refractivity contribution in [2.75, 3.05) is 0 Å². The van der Waals surface area contributed by atoms with Crippen LogP contribution in [0, 0.1) is 11.6 Å². The molecule has 1 aliphatic rings. The number of halogens is 2. The van der Waals surface area contributed by atoms with Crippen molar-refractivity contribution in [1.82, 2.24) is 4.98 Å². The van der Waals surface area contributed by atoms with Gasteiger partial charge in [0.25, 0.3) is 0 Å². The molecule has 2 heterocycles. The molecule has 0 spiro atoms. The van der Waals surface area contributed by atoms with Gasteiger partial charge in [0, 0.05) is 23.4 Å². The number of nitrogens with zero attached hydrogens (tertiary/aromatic N) is 2. The second-order valence-electron chi connectivity index (χ2n) is 6.75. The fraction of sp³-hybridized carbons (Fsp3) is 0.200. The Kier molecular flexibility index (Phi) is 3.23. The van der Waals surface area contributed by atoms with E-state index in [0.717, 1.165) is 17.0 Å². The third-order valence-corrected chi connectivity index (χ3v) is 4.28. The van der Waals surface area contributed by atoms with E-state index in [-0.39, 0.29) is 0 Å². The van der Waals surface area contributed by atoms with Gasteiger partial charge in [-0.3, -0.25) is 4.99 Å². The molecule has 0 N–H and O–H groups in total. The van der Waals surface area contributed by atoms with E-state index < -0.39 is 17.2 Å². The van der Waals surface area contributed by atoms with Crippen LogP contribution >= 0.6 is 0 Å². The lowest BCUT2D eigenvalue weighted by atomic mass is 9.85. The number of benzene rings is 2. The summed E-state index contributed by atoms with van der Waals surface area (Å²) in [4.78, 5) is 9.38. The number of rotatable bonds is 1. The maximum Gasteiger partial charge on any atom is 0.130 e. The first kappa shape index (κ1) is 14.9. The van der Waals surface area contributed by atoms with Gasteiger partial charge in [0.15, 0.2) is 0 Å². The molecule has 0 radical (unpaired) electrons. The first-order valence-corrected chi connectivity index (χ1v) is 7.87. The zero-order valence-corrected chi connectivity index (χ0v) is 13.5. The number of aliphatic imine (C=N–C) groups is 1. The van der Waals surface area contributed by atoms with E-state index in [9.17, 15) is 8.78 Å². The molecule has 4 rings (SSSR count). The van der Waals surface area contributed by atoms with E-state index in [1.165, 1.54) is 6.07 Å². The van der Waals surface area contributed by atoms with Crippen LogP contribution in [0.5, 0.6) is 0 Å². The predicted molar refractivity (Wildman–Crippen MR) is 91.5 cm³/mol. The molecule has 0 saturated heterocycles. The smallest absolute Gasteiger partial charge is 0.130 e. The Morgan fingerprint density at radius 2 is 1.79 bits per heavy atom. The highest BCUT2D eigenvalue weighted by Crippen LogP contribution is 2.31. The molecule has 4 heteroatoms. The summed E-state index contributed by atoms with van der Waals surface area (Å²) < 4.78 is 28.1. The number of para-hydroxylation sites is 1. The quantitative estimate of drug-likeness (QED) is 0.638. The Morgan fingerprint density at radius 1 is 1.00 bits per heavy atom. The van der Waals surface area contributed by atoms with Crippen molar-refractivity contribution < 1.29 is 8.78 Å². The maximum atomic E-state index is 14.3. The van der Waals surface area contributed by atoms with Crippen LogP contribution in [-0.2, 0) is 6.42 Å². The van der Waals surface area contributed by atoms with Gasteiger partial charge in [0.2, 0.25) is 0 Å². The molecule has 24 heavy (non-hydrogen) atoms. The average molecular weight is 322 g/mol. The SMILES string of the molecule is CC1(C)Cc2c(F)cc(F)cc2C(c2ccc3ccccc3n2)=N1. The van der Waals surface area contributed by atoms with Crippen LogP contribution in [0.4, 0.5) is 8.78 Å². The van der Waals surface area contributed by atoms with Crippen molar-refractivity contribution in [3.63, 3.8) is 0 Å². The molecule has 0 unspecified atom stereocenters. The van der Waals surface area contributed by atoms with Gasteiger partial charge < -0.3 is 0 Å². The Labute approximate surface area is 138 Å². The average Bonchev–Trinajstić information content (AvgIpc) is 2.54. The van der Waals surface area contributed by atoms with Crippen LogP contribution in [0.3, 0.4) is 0 Å². The van der Waals surface area contributed by atoms with E-state index in [1.54, 1.807) is 0 Å². The van der Waals surface area contributed by atoms with E-state index in [2.05, 4.69) is 4.98 Å². The topological polar surface area (TPSA) is 25.2 Å². The molecular weight excluding hydrogens is 306 g/mol. The van der Waals surface area contributed by atoms with E-state index in [1.807, 2.05) is 50.2 Å². The zero-order valence-electron chi connectivity index (χ0n) is 13.5. The first-order valence-electron chi connectivity index (χ1n) is 7.87. The molecular formula is C20H16F2N2. The number of pyridine rings is 1. The van der Waals surface area contributed by atoms with E-state index in [4.69, 9.17) is 4.99 Å². The predicted octanol–water partition coefficient (Wildman–Crippen LogP) is 4.69. The summed E-state index contributed by atoms with van der Waals surface area (Å²) in [6, 6.07) is 13.9. The molecule has 1 aliphatic heterocycles. The molecule has 2 aromatic carbocycles. The molecule has 0 amide bonds. The Balaban J connectivity index is 1.97. The summed E-state index contributed by atoms with van der Waals surface area (Å²) in [5.41, 5.74) is 2.54. The van der Waals surface area contributed by atoms with Crippen LogP contribution in [0.1, 0.15) is 30.7 Å². The summed E-state index contributed by atoms with van der Waals surface area (Å²) in [6.07, 6.45) is 0.436. The van der Waals surface area contributed by atoms with Crippen molar-refractivity contribution in [3.8, 4) is 0 Å². The van der Waals surface area contributed by atoms with Gasteiger partial charge in [-0.25, -0.2) is 13.8 Å². The highest BCUT2D eigenvalue weighted by Gasteiger charge is 2.30. The van der Waals surface area contributed by atoms with Crippen LogP contribution in [0.15, 0.2) is 53.5 Å². The molecule has 2 nitrogen and oxygen atoms in total. The molecule has 0 fully saturated rings. The zero-order chi connectivity index (χ0) is 16.9. The highest BCUT2D eigenvalue weighted by atomic mass is 19.1.